The third-order valence-electron chi connectivity index (χ3n) is 3.27. The minimum Gasteiger partial charge on any atom is -0.508 e. The number of carbonyl (C=O) groups is 1. The molecule has 102 valence electrons. The van der Waals surface area contributed by atoms with Crippen LogP contribution < -0.4 is 0 Å². The topological polar surface area (TPSA) is 51.5 Å². The van der Waals surface area contributed by atoms with Crippen LogP contribution in [0.3, 0.4) is 0 Å². The van der Waals surface area contributed by atoms with Crippen molar-refractivity contribution in [2.24, 2.45) is 7.05 Å². The molecule has 0 atom stereocenters. The van der Waals surface area contributed by atoms with E-state index in [-0.39, 0.29) is 11.7 Å². The number of benzene rings is 1. The number of hydrogen-bond acceptors (Lipinski definition) is 3. The molecular formula is C15H19NO3. The first-order valence-corrected chi connectivity index (χ1v) is 6.57. The molecule has 4 nitrogen and oxygen atoms in total. The highest BCUT2D eigenvalue weighted by Crippen LogP contribution is 2.29. The highest BCUT2D eigenvalue weighted by molar-refractivity contribution is 6.06. The van der Waals surface area contributed by atoms with E-state index >= 15 is 0 Å². The van der Waals surface area contributed by atoms with Gasteiger partial charge in [0.15, 0.2) is 0 Å². The minimum absolute atomic E-state index is 0.159. The third kappa shape index (κ3) is 2.30. The number of nitrogens with zero attached hydrogens (tertiary/aromatic N) is 1. The summed E-state index contributed by atoms with van der Waals surface area (Å²) in [6.45, 7) is 4.21. The molecule has 0 aliphatic rings. The number of ether oxygens (including phenoxy) is 1. The Hall–Kier alpha value is -1.97. The van der Waals surface area contributed by atoms with Gasteiger partial charge in [0.05, 0.1) is 12.2 Å². The van der Waals surface area contributed by atoms with Crippen LogP contribution >= 0.6 is 0 Å². The third-order valence-corrected chi connectivity index (χ3v) is 3.27. The van der Waals surface area contributed by atoms with Gasteiger partial charge in [-0.05, 0) is 31.5 Å². The van der Waals surface area contributed by atoms with Gasteiger partial charge in [0, 0.05) is 23.6 Å². The molecule has 1 aromatic heterocycles. The van der Waals surface area contributed by atoms with Crippen LogP contribution in [-0.2, 0) is 18.2 Å². The number of phenols is 1. The van der Waals surface area contributed by atoms with Crippen molar-refractivity contribution in [3.05, 3.63) is 29.5 Å². The number of hydrogen-bond donors (Lipinski definition) is 1. The van der Waals surface area contributed by atoms with E-state index in [0.717, 1.165) is 29.4 Å². The lowest BCUT2D eigenvalue weighted by molar-refractivity contribution is 0.0527. The van der Waals surface area contributed by atoms with Gasteiger partial charge in [-0.2, -0.15) is 0 Å². The summed E-state index contributed by atoms with van der Waals surface area (Å²) >= 11 is 0. The van der Waals surface area contributed by atoms with Crippen molar-refractivity contribution < 1.29 is 14.6 Å². The Morgan fingerprint density at radius 3 is 2.74 bits per heavy atom. The monoisotopic (exact) mass is 261 g/mol. The molecule has 0 aliphatic heterocycles. The van der Waals surface area contributed by atoms with Crippen molar-refractivity contribution in [1.82, 2.24) is 4.57 Å². The van der Waals surface area contributed by atoms with E-state index in [1.807, 2.05) is 17.7 Å². The van der Waals surface area contributed by atoms with E-state index < -0.39 is 0 Å². The Morgan fingerprint density at radius 2 is 2.11 bits per heavy atom. The molecule has 2 aromatic rings. The lowest BCUT2D eigenvalue weighted by atomic mass is 10.1. The molecule has 0 saturated heterocycles. The summed E-state index contributed by atoms with van der Waals surface area (Å²) in [5, 5.41) is 10.4. The van der Waals surface area contributed by atoms with E-state index in [0.29, 0.717) is 12.2 Å². The van der Waals surface area contributed by atoms with Crippen LogP contribution in [0.5, 0.6) is 5.75 Å². The highest BCUT2D eigenvalue weighted by Gasteiger charge is 2.21. The second kappa shape index (κ2) is 5.34. The molecule has 0 spiro atoms. The molecule has 19 heavy (non-hydrogen) atoms. The predicted octanol–water partition coefficient (Wildman–Crippen LogP) is 3.01. The maximum atomic E-state index is 12.2. The molecule has 0 bridgehead atoms. The van der Waals surface area contributed by atoms with Crippen molar-refractivity contribution in [2.45, 2.75) is 26.7 Å². The first-order chi connectivity index (χ1) is 9.10. The number of aromatic hydroxyl groups is 1. The zero-order valence-electron chi connectivity index (χ0n) is 11.6. The second-order valence-electron chi connectivity index (χ2n) is 4.55. The normalized spacial score (nSPS) is 10.9. The van der Waals surface area contributed by atoms with Crippen LogP contribution in [-0.4, -0.2) is 22.2 Å². The summed E-state index contributed by atoms with van der Waals surface area (Å²) in [6, 6.07) is 5.08. The molecule has 0 aliphatic carbocycles. The summed E-state index contributed by atoms with van der Waals surface area (Å²) in [5.41, 5.74) is 2.47. The average Bonchev–Trinajstić information content (AvgIpc) is 2.63. The zero-order chi connectivity index (χ0) is 14.0. The Bertz CT molecular complexity index is 613. The second-order valence-corrected chi connectivity index (χ2v) is 4.55. The molecule has 1 aromatic carbocycles. The van der Waals surface area contributed by atoms with Crippen molar-refractivity contribution in [3.63, 3.8) is 0 Å². The van der Waals surface area contributed by atoms with Gasteiger partial charge in [-0.3, -0.25) is 0 Å². The van der Waals surface area contributed by atoms with Gasteiger partial charge < -0.3 is 14.4 Å². The van der Waals surface area contributed by atoms with E-state index in [2.05, 4.69) is 6.92 Å². The fourth-order valence-corrected chi connectivity index (χ4v) is 2.45. The van der Waals surface area contributed by atoms with Crippen LogP contribution in [0.2, 0.25) is 0 Å². The van der Waals surface area contributed by atoms with Crippen LogP contribution in [0.1, 0.15) is 36.3 Å². The predicted molar refractivity (Wildman–Crippen MR) is 74.5 cm³/mol. The van der Waals surface area contributed by atoms with E-state index in [9.17, 15) is 9.90 Å². The summed E-state index contributed by atoms with van der Waals surface area (Å²) in [5.74, 6) is -0.158. The number of fused-ring (bicyclic) bond motifs is 1. The SMILES string of the molecule is CCCc1c(C(=O)OCC)c2cc(O)ccc2n1C. The molecule has 1 heterocycles. The number of aryl methyl sites for hydroxylation is 1. The van der Waals surface area contributed by atoms with E-state index in [1.165, 1.54) is 0 Å². The maximum absolute atomic E-state index is 12.2. The number of aromatic nitrogens is 1. The molecule has 1 N–H and O–H groups in total. The molecule has 4 heteroatoms. The fraction of sp³-hybridized carbons (Fsp3) is 0.400. The zero-order valence-corrected chi connectivity index (χ0v) is 11.6. The molecular weight excluding hydrogens is 242 g/mol. The lowest BCUT2D eigenvalue weighted by Crippen LogP contribution is -2.08. The first kappa shape index (κ1) is 13.5. The summed E-state index contributed by atoms with van der Waals surface area (Å²) in [7, 11) is 1.94. The molecule has 0 amide bonds. The van der Waals surface area contributed by atoms with Gasteiger partial charge in [-0.1, -0.05) is 13.3 Å². The number of phenolic OH excluding ortho intramolecular Hbond substituents is 1. The van der Waals surface area contributed by atoms with Crippen molar-refractivity contribution >= 4 is 16.9 Å². The maximum Gasteiger partial charge on any atom is 0.340 e. The lowest BCUT2D eigenvalue weighted by Gasteiger charge is -2.06. The van der Waals surface area contributed by atoms with Gasteiger partial charge in [-0.25, -0.2) is 4.79 Å². The molecule has 2 rings (SSSR count). The minimum atomic E-state index is -0.317. The van der Waals surface area contributed by atoms with Crippen LogP contribution in [0.15, 0.2) is 18.2 Å². The van der Waals surface area contributed by atoms with Crippen LogP contribution in [0.25, 0.3) is 10.9 Å². The van der Waals surface area contributed by atoms with Gasteiger partial charge in [0.2, 0.25) is 0 Å². The van der Waals surface area contributed by atoms with Gasteiger partial charge >= 0.3 is 5.97 Å². The van der Waals surface area contributed by atoms with Crippen molar-refractivity contribution in [2.75, 3.05) is 6.61 Å². The summed E-state index contributed by atoms with van der Waals surface area (Å²) in [6.07, 6.45) is 1.75. The fourth-order valence-electron chi connectivity index (χ4n) is 2.45. The van der Waals surface area contributed by atoms with E-state index in [4.69, 9.17) is 4.74 Å². The highest BCUT2D eigenvalue weighted by atomic mass is 16.5. The van der Waals surface area contributed by atoms with Crippen molar-refractivity contribution in [3.8, 4) is 5.75 Å². The quantitative estimate of drug-likeness (QED) is 0.861. The Kier molecular flexibility index (Phi) is 3.79. The smallest absolute Gasteiger partial charge is 0.340 e. The first-order valence-electron chi connectivity index (χ1n) is 6.57. The number of rotatable bonds is 4. The Labute approximate surface area is 112 Å². The van der Waals surface area contributed by atoms with E-state index in [1.54, 1.807) is 19.1 Å². The van der Waals surface area contributed by atoms with Crippen LogP contribution in [0.4, 0.5) is 0 Å². The standard InChI is InChI=1S/C15H19NO3/c1-4-6-13-14(15(18)19-5-2)11-9-10(17)7-8-12(11)16(13)3/h7-9,17H,4-6H2,1-3H3. The Balaban J connectivity index is 2.71. The average molecular weight is 261 g/mol. The molecule has 0 saturated carbocycles. The number of esters is 1. The number of carbonyl (C=O) groups excluding carboxylic acids is 1. The summed E-state index contributed by atoms with van der Waals surface area (Å²) in [4.78, 5) is 12.2. The Morgan fingerprint density at radius 1 is 1.37 bits per heavy atom. The molecule has 0 radical (unpaired) electrons. The van der Waals surface area contributed by atoms with Crippen molar-refractivity contribution in [1.29, 1.82) is 0 Å². The molecule has 0 unspecified atom stereocenters. The van der Waals surface area contributed by atoms with Gasteiger partial charge in [-0.15, -0.1) is 0 Å². The molecule has 0 fully saturated rings. The summed E-state index contributed by atoms with van der Waals surface area (Å²) < 4.78 is 7.15. The van der Waals surface area contributed by atoms with Crippen LogP contribution in [0, 0.1) is 0 Å². The van der Waals surface area contributed by atoms with Gasteiger partial charge in [0.25, 0.3) is 0 Å². The van der Waals surface area contributed by atoms with Gasteiger partial charge in [0.1, 0.15) is 5.75 Å². The largest absolute Gasteiger partial charge is 0.508 e.